The molecule has 3 rings (SSSR count). The molecular weight excluding hydrogens is 412 g/mol. The van der Waals surface area contributed by atoms with E-state index in [0.29, 0.717) is 34.7 Å². The zero-order valence-corrected chi connectivity index (χ0v) is 19.2. The molecule has 172 valence electrons. The molecule has 0 fully saturated rings. The number of fused-ring (bicyclic) bond motifs is 1. The van der Waals surface area contributed by atoms with Crippen molar-refractivity contribution in [3.05, 3.63) is 51.7 Å². The Morgan fingerprint density at radius 3 is 2.50 bits per heavy atom. The molecule has 0 radical (unpaired) electrons. The number of aromatic nitrogens is 4. The molecule has 9 heteroatoms. The number of nitrogens with zero attached hydrogens (tertiary/aromatic N) is 4. The molecule has 0 bridgehead atoms. The largest absolute Gasteiger partial charge is 0.492 e. The number of hydrogen-bond donors (Lipinski definition) is 1. The normalized spacial score (nSPS) is 13.3. The molecule has 1 aromatic carbocycles. The number of benzene rings is 1. The van der Waals surface area contributed by atoms with Gasteiger partial charge in [0.15, 0.2) is 11.1 Å². The van der Waals surface area contributed by atoms with Crippen molar-refractivity contribution in [2.75, 3.05) is 13.2 Å². The fourth-order valence-electron chi connectivity index (χ4n) is 3.77. The number of rotatable bonds is 10. The van der Waals surface area contributed by atoms with Crippen molar-refractivity contribution >= 4 is 17.0 Å². The van der Waals surface area contributed by atoms with Crippen molar-refractivity contribution in [3.63, 3.8) is 0 Å². The maximum atomic E-state index is 13.0. The monoisotopic (exact) mass is 442 g/mol. The number of aliphatic carboxylic acids is 1. The molecule has 2 heterocycles. The average Bonchev–Trinajstić information content (AvgIpc) is 3.06. The van der Waals surface area contributed by atoms with E-state index in [4.69, 9.17) is 9.47 Å². The van der Waals surface area contributed by atoms with Crippen LogP contribution in [-0.2, 0) is 35.1 Å². The Balaban J connectivity index is 1.75. The molecule has 0 aliphatic carbocycles. The van der Waals surface area contributed by atoms with Crippen molar-refractivity contribution in [2.45, 2.75) is 52.7 Å². The van der Waals surface area contributed by atoms with Crippen LogP contribution < -0.4 is 10.3 Å². The first kappa shape index (κ1) is 23.5. The van der Waals surface area contributed by atoms with E-state index in [1.54, 1.807) is 54.4 Å². The van der Waals surface area contributed by atoms with Crippen LogP contribution in [0.5, 0.6) is 5.75 Å². The summed E-state index contributed by atoms with van der Waals surface area (Å²) in [7, 11) is 1.76. The van der Waals surface area contributed by atoms with Gasteiger partial charge in [-0.15, -0.1) is 0 Å². The maximum absolute atomic E-state index is 13.0. The number of ether oxygens (including phenoxy) is 2. The van der Waals surface area contributed by atoms with Crippen LogP contribution in [0.25, 0.3) is 11.0 Å². The Labute approximate surface area is 186 Å². The molecule has 32 heavy (non-hydrogen) atoms. The summed E-state index contributed by atoms with van der Waals surface area (Å²) in [5.41, 5.74) is 0.970. The highest BCUT2D eigenvalue weighted by atomic mass is 16.5. The van der Waals surface area contributed by atoms with Crippen LogP contribution in [0, 0.1) is 6.92 Å². The molecule has 2 aromatic heterocycles. The first-order chi connectivity index (χ1) is 15.2. The van der Waals surface area contributed by atoms with Gasteiger partial charge in [-0.2, -0.15) is 5.10 Å². The number of aryl methyl sites for hydroxylation is 3. The van der Waals surface area contributed by atoms with E-state index in [-0.39, 0.29) is 18.8 Å². The highest BCUT2D eigenvalue weighted by Crippen LogP contribution is 2.27. The van der Waals surface area contributed by atoms with Crippen molar-refractivity contribution < 1.29 is 19.4 Å². The van der Waals surface area contributed by atoms with Gasteiger partial charge < -0.3 is 14.6 Å². The summed E-state index contributed by atoms with van der Waals surface area (Å²) in [6.07, 6.45) is 1.70. The van der Waals surface area contributed by atoms with Gasteiger partial charge in [-0.1, -0.05) is 25.5 Å². The van der Waals surface area contributed by atoms with Gasteiger partial charge in [0.2, 0.25) is 0 Å². The molecule has 1 unspecified atom stereocenters. The number of carbonyl (C=O) groups is 1. The number of carboxylic acids is 1. The lowest BCUT2D eigenvalue weighted by molar-refractivity contribution is -0.164. The molecule has 1 N–H and O–H groups in total. The Hall–Kier alpha value is -3.20. The van der Waals surface area contributed by atoms with Crippen molar-refractivity contribution in [1.29, 1.82) is 0 Å². The van der Waals surface area contributed by atoms with Crippen molar-refractivity contribution in [3.8, 4) is 5.75 Å². The minimum absolute atomic E-state index is 0.141. The van der Waals surface area contributed by atoms with Gasteiger partial charge >= 0.3 is 5.97 Å². The molecule has 9 nitrogen and oxygen atoms in total. The molecule has 0 spiro atoms. The van der Waals surface area contributed by atoms with Gasteiger partial charge in [0.05, 0.1) is 12.2 Å². The van der Waals surface area contributed by atoms with Gasteiger partial charge in [-0.3, -0.25) is 14.0 Å². The summed E-state index contributed by atoms with van der Waals surface area (Å²) in [6, 6.07) is 6.75. The van der Waals surface area contributed by atoms with E-state index in [1.807, 2.05) is 0 Å². The fourth-order valence-corrected chi connectivity index (χ4v) is 3.77. The standard InChI is InChI=1S/C23H30N4O5/c1-6-8-18-19-20(26(5)25-18)21(28)27(15(3)24-19)13-14-31-17-11-9-16(10-12-17)23(4,22(29)30)32-7-2/h9-12H,6-8,13-14H2,1-5H3,(H,29,30). The quantitative estimate of drug-likeness (QED) is 0.514. The van der Waals surface area contributed by atoms with E-state index in [0.717, 1.165) is 18.5 Å². The lowest BCUT2D eigenvalue weighted by atomic mass is 9.96. The minimum atomic E-state index is -1.42. The van der Waals surface area contributed by atoms with Crippen molar-refractivity contribution in [1.82, 2.24) is 19.3 Å². The highest BCUT2D eigenvalue weighted by molar-refractivity contribution is 5.79. The third-order valence-corrected chi connectivity index (χ3v) is 5.52. The number of carboxylic acid groups (broad SMARTS) is 1. The van der Waals surface area contributed by atoms with Crippen LogP contribution in [-0.4, -0.2) is 43.6 Å². The van der Waals surface area contributed by atoms with Crippen LogP contribution >= 0.6 is 0 Å². The zero-order valence-electron chi connectivity index (χ0n) is 19.2. The van der Waals surface area contributed by atoms with Crippen molar-refractivity contribution in [2.24, 2.45) is 7.05 Å². The predicted octanol–water partition coefficient (Wildman–Crippen LogP) is 2.81. The topological polar surface area (TPSA) is 108 Å². The van der Waals surface area contributed by atoms with Crippen LogP contribution in [0.4, 0.5) is 0 Å². The molecule has 0 aliphatic heterocycles. The van der Waals surface area contributed by atoms with E-state index in [2.05, 4.69) is 17.0 Å². The second kappa shape index (κ2) is 9.52. The smallest absolute Gasteiger partial charge is 0.340 e. The Morgan fingerprint density at radius 2 is 1.91 bits per heavy atom. The predicted molar refractivity (Wildman–Crippen MR) is 120 cm³/mol. The van der Waals surface area contributed by atoms with Crippen LogP contribution in [0.2, 0.25) is 0 Å². The summed E-state index contributed by atoms with van der Waals surface area (Å²) < 4.78 is 14.4. The van der Waals surface area contributed by atoms with E-state index < -0.39 is 11.6 Å². The molecular formula is C23H30N4O5. The molecule has 0 saturated carbocycles. The average molecular weight is 443 g/mol. The van der Waals surface area contributed by atoms with Gasteiger partial charge in [-0.25, -0.2) is 9.78 Å². The third-order valence-electron chi connectivity index (χ3n) is 5.52. The fraction of sp³-hybridized carbons (Fsp3) is 0.478. The molecule has 0 saturated heterocycles. The SMILES string of the molecule is CCCc1nn(C)c2c(=O)n(CCOc3ccc(C(C)(OCC)C(=O)O)cc3)c(C)nc12. The van der Waals surface area contributed by atoms with Gasteiger partial charge in [0.1, 0.15) is 23.7 Å². The van der Waals surface area contributed by atoms with Crippen LogP contribution in [0.1, 0.15) is 44.3 Å². The lowest BCUT2D eigenvalue weighted by Gasteiger charge is -2.25. The lowest BCUT2D eigenvalue weighted by Crippen LogP contribution is -2.35. The van der Waals surface area contributed by atoms with E-state index in [1.165, 1.54) is 6.92 Å². The summed E-state index contributed by atoms with van der Waals surface area (Å²) in [4.78, 5) is 29.3. The molecule has 0 amide bonds. The Kier molecular flexibility index (Phi) is 6.98. The molecule has 0 aliphatic rings. The molecule has 1 atom stereocenters. The van der Waals surface area contributed by atoms with Gasteiger partial charge in [-0.05, 0) is 44.9 Å². The van der Waals surface area contributed by atoms with Gasteiger partial charge in [0.25, 0.3) is 5.56 Å². The first-order valence-corrected chi connectivity index (χ1v) is 10.8. The Bertz CT molecular complexity index is 1170. The summed E-state index contributed by atoms with van der Waals surface area (Å²) in [5.74, 6) is 0.132. The first-order valence-electron chi connectivity index (χ1n) is 10.8. The van der Waals surface area contributed by atoms with Crippen LogP contribution in [0.3, 0.4) is 0 Å². The highest BCUT2D eigenvalue weighted by Gasteiger charge is 2.35. The minimum Gasteiger partial charge on any atom is -0.492 e. The van der Waals surface area contributed by atoms with E-state index in [9.17, 15) is 14.7 Å². The summed E-state index contributed by atoms with van der Waals surface area (Å²) in [5, 5.41) is 14.0. The number of hydrogen-bond acceptors (Lipinski definition) is 6. The van der Waals surface area contributed by atoms with Gasteiger partial charge in [0, 0.05) is 13.7 Å². The molecule has 3 aromatic rings. The Morgan fingerprint density at radius 1 is 1.22 bits per heavy atom. The summed E-state index contributed by atoms with van der Waals surface area (Å²) in [6.45, 7) is 8.02. The second-order valence-corrected chi connectivity index (χ2v) is 7.78. The zero-order chi connectivity index (χ0) is 23.5. The third kappa shape index (κ3) is 4.38. The summed E-state index contributed by atoms with van der Waals surface area (Å²) >= 11 is 0. The second-order valence-electron chi connectivity index (χ2n) is 7.78. The van der Waals surface area contributed by atoms with Crippen LogP contribution in [0.15, 0.2) is 29.1 Å². The maximum Gasteiger partial charge on any atom is 0.340 e. The van der Waals surface area contributed by atoms with E-state index >= 15 is 0 Å².